The molecule has 21 heavy (non-hydrogen) atoms. The van der Waals surface area contributed by atoms with Crippen molar-refractivity contribution in [3.63, 3.8) is 0 Å². The number of pyridine rings is 1. The number of hydrogen-bond acceptors (Lipinski definition) is 5. The SMILES string of the molecule is COCCNCC1CCCN(Cc2cccc(OC)n2)C1. The van der Waals surface area contributed by atoms with Gasteiger partial charge in [-0.05, 0) is 37.9 Å². The second kappa shape index (κ2) is 8.97. The number of nitrogens with zero attached hydrogens (tertiary/aromatic N) is 2. The highest BCUT2D eigenvalue weighted by Gasteiger charge is 2.20. The molecule has 0 bridgehead atoms. The predicted octanol–water partition coefficient (Wildman–Crippen LogP) is 1.54. The van der Waals surface area contributed by atoms with Gasteiger partial charge in [-0.15, -0.1) is 0 Å². The van der Waals surface area contributed by atoms with Crippen molar-refractivity contribution < 1.29 is 9.47 Å². The van der Waals surface area contributed by atoms with Crippen molar-refractivity contribution in [2.75, 3.05) is 47.0 Å². The number of nitrogens with one attached hydrogen (secondary N) is 1. The van der Waals surface area contributed by atoms with E-state index in [0.717, 1.165) is 50.9 Å². The summed E-state index contributed by atoms with van der Waals surface area (Å²) in [5.41, 5.74) is 1.09. The highest BCUT2D eigenvalue weighted by Crippen LogP contribution is 2.18. The van der Waals surface area contributed by atoms with Crippen LogP contribution < -0.4 is 10.1 Å². The minimum absolute atomic E-state index is 0.697. The van der Waals surface area contributed by atoms with Crippen molar-refractivity contribution in [2.45, 2.75) is 19.4 Å². The van der Waals surface area contributed by atoms with Crippen LogP contribution >= 0.6 is 0 Å². The van der Waals surface area contributed by atoms with Gasteiger partial charge in [-0.25, -0.2) is 4.98 Å². The number of rotatable bonds is 8. The van der Waals surface area contributed by atoms with Crippen molar-refractivity contribution >= 4 is 0 Å². The Bertz CT molecular complexity index is 414. The molecule has 1 aliphatic heterocycles. The van der Waals surface area contributed by atoms with E-state index in [1.54, 1.807) is 14.2 Å². The molecule has 5 nitrogen and oxygen atoms in total. The molecule has 1 aromatic rings. The van der Waals surface area contributed by atoms with Gasteiger partial charge in [0, 0.05) is 32.8 Å². The maximum atomic E-state index is 5.19. The smallest absolute Gasteiger partial charge is 0.213 e. The molecule has 5 heteroatoms. The van der Waals surface area contributed by atoms with Gasteiger partial charge >= 0.3 is 0 Å². The molecule has 0 radical (unpaired) electrons. The third kappa shape index (κ3) is 5.61. The van der Waals surface area contributed by atoms with E-state index in [1.807, 2.05) is 12.1 Å². The molecule has 2 heterocycles. The van der Waals surface area contributed by atoms with E-state index in [1.165, 1.54) is 12.8 Å². The van der Waals surface area contributed by atoms with Crippen LogP contribution in [0.25, 0.3) is 0 Å². The van der Waals surface area contributed by atoms with Crippen LogP contribution in [0.2, 0.25) is 0 Å². The third-order valence-corrected chi connectivity index (χ3v) is 3.90. The van der Waals surface area contributed by atoms with E-state index in [9.17, 15) is 0 Å². The van der Waals surface area contributed by atoms with E-state index >= 15 is 0 Å². The molecule has 1 aliphatic rings. The highest BCUT2D eigenvalue weighted by atomic mass is 16.5. The molecule has 0 saturated carbocycles. The number of methoxy groups -OCH3 is 2. The molecule has 118 valence electrons. The molecule has 0 aliphatic carbocycles. The fraction of sp³-hybridized carbons (Fsp3) is 0.688. The Morgan fingerprint density at radius 1 is 1.38 bits per heavy atom. The topological polar surface area (TPSA) is 46.6 Å². The molecule has 1 aromatic heterocycles. The summed E-state index contributed by atoms with van der Waals surface area (Å²) in [5.74, 6) is 1.42. The molecular formula is C16H27N3O2. The summed E-state index contributed by atoms with van der Waals surface area (Å²) < 4.78 is 10.2. The van der Waals surface area contributed by atoms with Crippen LogP contribution in [-0.2, 0) is 11.3 Å². The molecule has 1 atom stereocenters. The maximum Gasteiger partial charge on any atom is 0.213 e. The molecule has 1 fully saturated rings. The average molecular weight is 293 g/mol. The first-order valence-corrected chi connectivity index (χ1v) is 7.73. The molecule has 0 amide bonds. The Hall–Kier alpha value is -1.17. The van der Waals surface area contributed by atoms with Crippen LogP contribution in [0.5, 0.6) is 5.88 Å². The van der Waals surface area contributed by atoms with Crippen LogP contribution in [-0.4, -0.2) is 56.9 Å². The maximum absolute atomic E-state index is 5.19. The molecule has 2 rings (SSSR count). The first kappa shape index (κ1) is 16.2. The molecule has 1 saturated heterocycles. The van der Waals surface area contributed by atoms with Crippen molar-refractivity contribution in [1.82, 2.24) is 15.2 Å². The normalized spacial score (nSPS) is 19.6. The monoisotopic (exact) mass is 293 g/mol. The second-order valence-electron chi connectivity index (χ2n) is 5.61. The van der Waals surface area contributed by atoms with Crippen molar-refractivity contribution in [3.8, 4) is 5.88 Å². The van der Waals surface area contributed by atoms with E-state index in [2.05, 4.69) is 21.3 Å². The average Bonchev–Trinajstić information content (AvgIpc) is 2.52. The standard InChI is InChI=1S/C16H27N3O2/c1-20-10-8-17-11-14-5-4-9-19(12-14)13-15-6-3-7-16(18-15)21-2/h3,6-7,14,17H,4-5,8-13H2,1-2H3. The summed E-state index contributed by atoms with van der Waals surface area (Å²) in [6.07, 6.45) is 2.57. The Morgan fingerprint density at radius 2 is 2.29 bits per heavy atom. The van der Waals surface area contributed by atoms with Crippen LogP contribution in [0.15, 0.2) is 18.2 Å². The van der Waals surface area contributed by atoms with Crippen LogP contribution in [0.3, 0.4) is 0 Å². The van der Waals surface area contributed by atoms with Crippen LogP contribution in [0, 0.1) is 5.92 Å². The molecular weight excluding hydrogens is 266 g/mol. The lowest BCUT2D eigenvalue weighted by Crippen LogP contribution is -2.39. The summed E-state index contributed by atoms with van der Waals surface area (Å²) in [6.45, 7) is 6.00. The Morgan fingerprint density at radius 3 is 3.10 bits per heavy atom. The fourth-order valence-electron chi connectivity index (χ4n) is 2.83. The van der Waals surface area contributed by atoms with Crippen molar-refractivity contribution in [3.05, 3.63) is 23.9 Å². The zero-order chi connectivity index (χ0) is 14.9. The van der Waals surface area contributed by atoms with Crippen molar-refractivity contribution in [1.29, 1.82) is 0 Å². The number of hydrogen-bond donors (Lipinski definition) is 1. The summed E-state index contributed by atoms with van der Waals surface area (Å²) in [4.78, 5) is 6.99. The number of likely N-dealkylation sites (tertiary alicyclic amines) is 1. The van der Waals surface area contributed by atoms with Gasteiger partial charge in [0.25, 0.3) is 0 Å². The summed E-state index contributed by atoms with van der Waals surface area (Å²) in [7, 11) is 3.40. The Kier molecular flexibility index (Phi) is 6.92. The number of ether oxygens (including phenoxy) is 2. The summed E-state index contributed by atoms with van der Waals surface area (Å²) in [5, 5.41) is 3.47. The first-order chi connectivity index (χ1) is 10.3. The Balaban J connectivity index is 1.77. The largest absolute Gasteiger partial charge is 0.481 e. The lowest BCUT2D eigenvalue weighted by atomic mass is 9.98. The lowest BCUT2D eigenvalue weighted by molar-refractivity contribution is 0.157. The summed E-state index contributed by atoms with van der Waals surface area (Å²) >= 11 is 0. The summed E-state index contributed by atoms with van der Waals surface area (Å²) in [6, 6.07) is 5.97. The quantitative estimate of drug-likeness (QED) is 0.737. The van der Waals surface area contributed by atoms with Gasteiger partial charge in [-0.1, -0.05) is 6.07 Å². The minimum atomic E-state index is 0.697. The molecule has 1 N–H and O–H groups in total. The highest BCUT2D eigenvalue weighted by molar-refractivity contribution is 5.15. The second-order valence-corrected chi connectivity index (χ2v) is 5.61. The van der Waals surface area contributed by atoms with Crippen LogP contribution in [0.4, 0.5) is 0 Å². The predicted molar refractivity (Wildman–Crippen MR) is 83.5 cm³/mol. The zero-order valence-corrected chi connectivity index (χ0v) is 13.2. The number of aromatic nitrogens is 1. The van der Waals surface area contributed by atoms with E-state index in [0.29, 0.717) is 5.88 Å². The van der Waals surface area contributed by atoms with E-state index < -0.39 is 0 Å². The van der Waals surface area contributed by atoms with Gasteiger partial charge < -0.3 is 14.8 Å². The Labute approximate surface area is 127 Å². The molecule has 0 spiro atoms. The van der Waals surface area contributed by atoms with Crippen molar-refractivity contribution in [2.24, 2.45) is 5.92 Å². The third-order valence-electron chi connectivity index (χ3n) is 3.90. The van der Waals surface area contributed by atoms with E-state index in [-0.39, 0.29) is 0 Å². The van der Waals surface area contributed by atoms with Gasteiger partial charge in [0.05, 0.1) is 19.4 Å². The van der Waals surface area contributed by atoms with Gasteiger partial charge in [-0.3, -0.25) is 4.90 Å². The lowest BCUT2D eigenvalue weighted by Gasteiger charge is -2.32. The number of piperidine rings is 1. The fourth-order valence-corrected chi connectivity index (χ4v) is 2.83. The molecule has 0 aromatic carbocycles. The van der Waals surface area contributed by atoms with Gasteiger partial charge in [0.1, 0.15) is 0 Å². The van der Waals surface area contributed by atoms with Crippen LogP contribution in [0.1, 0.15) is 18.5 Å². The van der Waals surface area contributed by atoms with Gasteiger partial charge in [0.15, 0.2) is 0 Å². The zero-order valence-electron chi connectivity index (χ0n) is 13.2. The van der Waals surface area contributed by atoms with Gasteiger partial charge in [0.2, 0.25) is 5.88 Å². The van der Waals surface area contributed by atoms with Gasteiger partial charge in [-0.2, -0.15) is 0 Å². The molecule has 1 unspecified atom stereocenters. The first-order valence-electron chi connectivity index (χ1n) is 7.73. The minimum Gasteiger partial charge on any atom is -0.481 e. The van der Waals surface area contributed by atoms with E-state index in [4.69, 9.17) is 9.47 Å².